The molecule has 0 bridgehead atoms. The number of aryl methyl sites for hydroxylation is 1. The van der Waals surface area contributed by atoms with Crippen LogP contribution in [0, 0.1) is 24.1 Å². The smallest absolute Gasteiger partial charge is 0.417 e. The van der Waals surface area contributed by atoms with Crippen molar-refractivity contribution in [2.75, 3.05) is 18.0 Å². The molecule has 9 nitrogen and oxygen atoms in total. The van der Waals surface area contributed by atoms with Crippen molar-refractivity contribution in [2.45, 2.75) is 112 Å². The van der Waals surface area contributed by atoms with Crippen molar-refractivity contribution in [1.82, 2.24) is 15.1 Å². The summed E-state index contributed by atoms with van der Waals surface area (Å²) in [6.07, 6.45) is 7.65. The summed E-state index contributed by atoms with van der Waals surface area (Å²) in [5, 5.41) is 24.9. The molecule has 1 aromatic heterocycles. The highest BCUT2D eigenvalue weighted by Gasteiger charge is 2.47. The summed E-state index contributed by atoms with van der Waals surface area (Å²) >= 11 is 0. The van der Waals surface area contributed by atoms with Gasteiger partial charge in [-0.3, -0.25) is 5.32 Å². The zero-order chi connectivity index (χ0) is 36.5. The number of benzene rings is 2. The lowest BCUT2D eigenvalue weighted by molar-refractivity contribution is -0.140. The van der Waals surface area contributed by atoms with Gasteiger partial charge in [-0.2, -0.15) is 23.5 Å². The van der Waals surface area contributed by atoms with Crippen molar-refractivity contribution in [3.8, 4) is 11.8 Å². The average molecular weight is 720 g/mol. The van der Waals surface area contributed by atoms with E-state index < -0.39 is 56.0 Å². The molecule has 0 radical (unpaired) electrons. The molecule has 0 unspecified atom stereocenters. The van der Waals surface area contributed by atoms with Crippen LogP contribution < -0.4 is 10.2 Å². The normalized spacial score (nSPS) is 18.3. The molecule has 2 heterocycles. The van der Waals surface area contributed by atoms with E-state index in [-0.39, 0.29) is 17.9 Å². The van der Waals surface area contributed by atoms with Gasteiger partial charge >= 0.3 is 12.1 Å². The predicted octanol–water partition coefficient (Wildman–Crippen LogP) is 7.62. The fourth-order valence-corrected chi connectivity index (χ4v) is 8.05. The van der Waals surface area contributed by atoms with E-state index in [1.165, 1.54) is 97.3 Å². The minimum atomic E-state index is -4.90. The van der Waals surface area contributed by atoms with Crippen LogP contribution >= 0.6 is 0 Å². The first-order chi connectivity index (χ1) is 23.7. The van der Waals surface area contributed by atoms with E-state index in [0.717, 1.165) is 31.5 Å². The number of halogens is 4. The Bertz CT molecular complexity index is 1730. The summed E-state index contributed by atoms with van der Waals surface area (Å²) in [4.78, 5) is 12.4. The fraction of sp³-hybridized carbons (Fsp3) is 0.528. The molecule has 0 spiro atoms. The predicted molar refractivity (Wildman–Crippen MR) is 182 cm³/mol. The number of nitrogens with one attached hydrogen (secondary N) is 1. The van der Waals surface area contributed by atoms with Crippen molar-refractivity contribution in [2.24, 2.45) is 0 Å². The van der Waals surface area contributed by atoms with Gasteiger partial charge in [0.05, 0.1) is 33.2 Å². The number of carboxylic acids is 1. The standard InChI is InChI=1S/C22H19F4N3O4S.C14H26N2/c1-13-10-20(29(27-13)15-8-6-14(23)7-9-15)28-12-16(11-18(28)21(30)31)34(32,33)19-5-3-2-4-17(19)22(24,25)26;1-2-3-4-5-6-7-8-9-12-16-14(13-15)10-11-14/h2-10,16,18H,11-12H2,1H3,(H,30,31);16H,2-12H2,1H3/t16-,18+;/m1./s1. The number of alkyl halides is 3. The number of rotatable bonds is 15. The van der Waals surface area contributed by atoms with Crippen LogP contribution in [0.3, 0.4) is 0 Å². The molecule has 2 aliphatic rings. The van der Waals surface area contributed by atoms with Gasteiger partial charge in [0.2, 0.25) is 0 Å². The van der Waals surface area contributed by atoms with Crippen LogP contribution in [-0.4, -0.2) is 59.2 Å². The lowest BCUT2D eigenvalue weighted by Gasteiger charge is -2.24. The third kappa shape index (κ3) is 9.84. The van der Waals surface area contributed by atoms with Gasteiger partial charge in [0.15, 0.2) is 9.84 Å². The van der Waals surface area contributed by atoms with Gasteiger partial charge in [0.1, 0.15) is 23.2 Å². The molecule has 2 fully saturated rings. The zero-order valence-corrected chi connectivity index (χ0v) is 29.2. The lowest BCUT2D eigenvalue weighted by atomic mass is 10.1. The molecule has 2 aromatic carbocycles. The van der Waals surface area contributed by atoms with Crippen LogP contribution in [-0.2, 0) is 20.8 Å². The second-order valence-corrected chi connectivity index (χ2v) is 15.2. The Hall–Kier alpha value is -3.96. The number of nitrogens with zero attached hydrogens (tertiary/aromatic N) is 4. The molecule has 1 saturated carbocycles. The minimum absolute atomic E-state index is 0.110. The Morgan fingerprint density at radius 3 is 2.24 bits per heavy atom. The minimum Gasteiger partial charge on any atom is -0.480 e. The molecule has 2 N–H and O–H groups in total. The third-order valence-corrected chi connectivity index (χ3v) is 11.3. The summed E-state index contributed by atoms with van der Waals surface area (Å²) in [7, 11) is -4.54. The molecule has 272 valence electrons. The third-order valence-electron chi connectivity index (χ3n) is 9.12. The molecular formula is C36H45F4N5O4S. The van der Waals surface area contributed by atoms with E-state index >= 15 is 0 Å². The van der Waals surface area contributed by atoms with E-state index in [9.17, 15) is 35.9 Å². The van der Waals surface area contributed by atoms with Crippen LogP contribution in [0.5, 0.6) is 0 Å². The van der Waals surface area contributed by atoms with Crippen molar-refractivity contribution >= 4 is 21.6 Å². The SMILES string of the molecule is CCCCCCCCCCNC1(C#N)CC1.Cc1cc(N2C[C@H](S(=O)(=O)c3ccccc3C(F)(F)F)C[C@H]2C(=O)O)n(-c2ccc(F)cc2)n1. The zero-order valence-electron chi connectivity index (χ0n) is 28.4. The largest absolute Gasteiger partial charge is 0.480 e. The van der Waals surface area contributed by atoms with Gasteiger partial charge in [-0.05, 0) is 75.5 Å². The van der Waals surface area contributed by atoms with Crippen molar-refractivity contribution in [3.05, 3.63) is 71.7 Å². The van der Waals surface area contributed by atoms with Crippen LogP contribution in [0.4, 0.5) is 23.4 Å². The maximum absolute atomic E-state index is 13.5. The summed E-state index contributed by atoms with van der Waals surface area (Å²) in [5.41, 5.74) is -0.520. The molecule has 50 heavy (non-hydrogen) atoms. The second-order valence-electron chi connectivity index (χ2n) is 13.0. The summed E-state index contributed by atoms with van der Waals surface area (Å²) in [5.74, 6) is -1.59. The van der Waals surface area contributed by atoms with Gasteiger partial charge in [-0.1, -0.05) is 64.0 Å². The first-order valence-corrected chi connectivity index (χ1v) is 18.7. The molecular weight excluding hydrogens is 674 g/mol. The summed E-state index contributed by atoms with van der Waals surface area (Å²) < 4.78 is 81.7. The highest BCUT2D eigenvalue weighted by atomic mass is 32.2. The number of sulfone groups is 1. The highest BCUT2D eigenvalue weighted by molar-refractivity contribution is 7.92. The van der Waals surface area contributed by atoms with Gasteiger partial charge in [-0.25, -0.2) is 22.3 Å². The van der Waals surface area contributed by atoms with E-state index in [1.54, 1.807) is 6.92 Å². The number of aliphatic carboxylic acids is 1. The topological polar surface area (TPSA) is 128 Å². The highest BCUT2D eigenvalue weighted by Crippen LogP contribution is 2.39. The number of hydrogen-bond donors (Lipinski definition) is 2. The molecule has 1 saturated heterocycles. The van der Waals surface area contributed by atoms with Crippen LogP contribution in [0.2, 0.25) is 0 Å². The van der Waals surface area contributed by atoms with E-state index in [4.69, 9.17) is 5.26 Å². The molecule has 1 aliphatic carbocycles. The Morgan fingerprint density at radius 1 is 1.04 bits per heavy atom. The summed E-state index contributed by atoms with van der Waals surface area (Å²) in [6, 6.07) is 11.6. The number of carboxylic acid groups (broad SMARTS) is 1. The van der Waals surface area contributed by atoms with Gasteiger partial charge in [0.25, 0.3) is 0 Å². The molecule has 0 amide bonds. The number of aromatic nitrogens is 2. The molecule has 14 heteroatoms. The van der Waals surface area contributed by atoms with Crippen LogP contribution in [0.15, 0.2) is 59.5 Å². The number of nitriles is 1. The molecule has 3 aromatic rings. The van der Waals surface area contributed by atoms with Crippen molar-refractivity contribution in [1.29, 1.82) is 5.26 Å². The monoisotopic (exact) mass is 719 g/mol. The number of hydrogen-bond acceptors (Lipinski definition) is 7. The Balaban J connectivity index is 0.000000295. The molecule has 2 atom stereocenters. The first-order valence-electron chi connectivity index (χ1n) is 17.1. The van der Waals surface area contributed by atoms with Crippen molar-refractivity contribution in [3.63, 3.8) is 0 Å². The van der Waals surface area contributed by atoms with E-state index in [1.807, 2.05) is 0 Å². The number of unbranched alkanes of at least 4 members (excludes halogenated alkanes) is 7. The van der Waals surface area contributed by atoms with Crippen LogP contribution in [0.25, 0.3) is 5.69 Å². The van der Waals surface area contributed by atoms with E-state index in [2.05, 4.69) is 23.4 Å². The van der Waals surface area contributed by atoms with Gasteiger partial charge < -0.3 is 10.0 Å². The van der Waals surface area contributed by atoms with E-state index in [0.29, 0.717) is 17.4 Å². The Morgan fingerprint density at radius 2 is 1.66 bits per heavy atom. The number of carbonyl (C=O) groups is 1. The Kier molecular flexibility index (Phi) is 13.1. The fourth-order valence-electron chi connectivity index (χ4n) is 6.14. The average Bonchev–Trinajstić information content (AvgIpc) is 3.53. The maximum atomic E-state index is 13.5. The molecule has 5 rings (SSSR count). The maximum Gasteiger partial charge on any atom is 0.417 e. The van der Waals surface area contributed by atoms with Crippen molar-refractivity contribution < 1.29 is 35.9 Å². The summed E-state index contributed by atoms with van der Waals surface area (Å²) in [6.45, 7) is 4.57. The first kappa shape index (κ1) is 38.8. The molecule has 1 aliphatic heterocycles. The van der Waals surface area contributed by atoms with Crippen LogP contribution in [0.1, 0.15) is 88.8 Å². The number of anilines is 1. The quantitative estimate of drug-likeness (QED) is 0.121. The van der Waals surface area contributed by atoms with Gasteiger partial charge in [-0.15, -0.1) is 0 Å². The van der Waals surface area contributed by atoms with Gasteiger partial charge in [0, 0.05) is 12.6 Å². The Labute approximate surface area is 291 Å². The second kappa shape index (κ2) is 16.8. The lowest BCUT2D eigenvalue weighted by Crippen LogP contribution is -2.37.